The van der Waals surface area contributed by atoms with E-state index in [1.807, 2.05) is 78.7 Å². The fraction of sp³-hybridized carbons (Fsp3) is 0.118. The highest BCUT2D eigenvalue weighted by Gasteiger charge is 2.34. The third-order valence-electron chi connectivity index (χ3n) is 3.35. The summed E-state index contributed by atoms with van der Waals surface area (Å²) < 4.78 is 5.46. The molecule has 0 spiro atoms. The molecule has 3 nitrogen and oxygen atoms in total. The van der Waals surface area contributed by atoms with Crippen molar-refractivity contribution in [2.24, 2.45) is 0 Å². The molecule has 0 N–H and O–H groups in total. The average Bonchev–Trinajstić information content (AvgIpc) is 2.77. The maximum atomic E-state index is 12.0. The van der Waals surface area contributed by atoms with Gasteiger partial charge in [0, 0.05) is 12.6 Å². The van der Waals surface area contributed by atoms with Crippen LogP contribution in [-0.2, 0) is 9.53 Å². The van der Waals surface area contributed by atoms with Gasteiger partial charge in [0.15, 0.2) is 0 Å². The summed E-state index contributed by atoms with van der Waals surface area (Å²) >= 11 is 0. The standard InChI is InChI=1S/C17H15NO2/c1-18-15(12-13-8-4-2-5-9-13)17(19)20-16(18)14-10-6-3-7-11-14/h2-12,16H,1H3/b15-12-. The summed E-state index contributed by atoms with van der Waals surface area (Å²) in [5.41, 5.74) is 2.53. The molecule has 3 heteroatoms. The molecule has 1 saturated heterocycles. The first-order valence-electron chi connectivity index (χ1n) is 6.51. The number of hydrogen-bond donors (Lipinski definition) is 0. The minimum absolute atomic E-state index is 0.287. The predicted octanol–water partition coefficient (Wildman–Crippen LogP) is 3.21. The Morgan fingerprint density at radius 3 is 2.25 bits per heavy atom. The Morgan fingerprint density at radius 2 is 1.60 bits per heavy atom. The summed E-state index contributed by atoms with van der Waals surface area (Å²) in [4.78, 5) is 13.9. The fourth-order valence-electron chi connectivity index (χ4n) is 2.29. The van der Waals surface area contributed by atoms with E-state index < -0.39 is 0 Å². The third-order valence-corrected chi connectivity index (χ3v) is 3.35. The molecule has 0 saturated carbocycles. The van der Waals surface area contributed by atoms with Gasteiger partial charge in [0.25, 0.3) is 0 Å². The molecule has 100 valence electrons. The summed E-state index contributed by atoms with van der Waals surface area (Å²) in [6, 6.07) is 19.5. The number of rotatable bonds is 2. The van der Waals surface area contributed by atoms with Crippen LogP contribution in [0.5, 0.6) is 0 Å². The van der Waals surface area contributed by atoms with Gasteiger partial charge in [0.05, 0.1) is 0 Å². The van der Waals surface area contributed by atoms with Crippen LogP contribution in [0, 0.1) is 0 Å². The topological polar surface area (TPSA) is 29.5 Å². The Bertz CT molecular complexity index is 635. The lowest BCUT2D eigenvalue weighted by atomic mass is 10.1. The zero-order chi connectivity index (χ0) is 13.9. The monoisotopic (exact) mass is 265 g/mol. The van der Waals surface area contributed by atoms with Gasteiger partial charge >= 0.3 is 5.97 Å². The largest absolute Gasteiger partial charge is 0.432 e. The van der Waals surface area contributed by atoms with E-state index in [1.165, 1.54) is 0 Å². The van der Waals surface area contributed by atoms with Crippen LogP contribution in [0.15, 0.2) is 66.4 Å². The number of likely N-dealkylation sites (N-methyl/N-ethyl adjacent to an activating group) is 1. The highest BCUT2D eigenvalue weighted by Crippen LogP contribution is 2.32. The van der Waals surface area contributed by atoms with Crippen LogP contribution in [0.1, 0.15) is 17.4 Å². The quantitative estimate of drug-likeness (QED) is 0.617. The van der Waals surface area contributed by atoms with Crippen LogP contribution in [0.3, 0.4) is 0 Å². The minimum atomic E-state index is -0.348. The first kappa shape index (κ1) is 12.5. The molecule has 1 atom stereocenters. The summed E-state index contributed by atoms with van der Waals surface area (Å²) in [6.07, 6.45) is 1.50. The number of cyclic esters (lactones) is 1. The van der Waals surface area contributed by atoms with Gasteiger partial charge in [-0.05, 0) is 11.6 Å². The summed E-state index contributed by atoms with van der Waals surface area (Å²) in [6.45, 7) is 0. The second-order valence-corrected chi connectivity index (χ2v) is 4.72. The fourth-order valence-corrected chi connectivity index (χ4v) is 2.29. The number of carbonyl (C=O) groups is 1. The van der Waals surface area contributed by atoms with Crippen LogP contribution >= 0.6 is 0 Å². The maximum absolute atomic E-state index is 12.0. The van der Waals surface area contributed by atoms with Gasteiger partial charge in [-0.25, -0.2) is 4.79 Å². The van der Waals surface area contributed by atoms with Crippen LogP contribution in [-0.4, -0.2) is 17.9 Å². The molecular formula is C17H15NO2. The Kier molecular flexibility index (Phi) is 3.25. The zero-order valence-electron chi connectivity index (χ0n) is 11.2. The molecule has 0 bridgehead atoms. The molecule has 1 fully saturated rings. The van der Waals surface area contributed by atoms with Crippen LogP contribution < -0.4 is 0 Å². The number of benzene rings is 2. The Labute approximate surface area is 118 Å². The molecule has 0 radical (unpaired) electrons. The number of hydrogen-bond acceptors (Lipinski definition) is 3. The smallest absolute Gasteiger partial charge is 0.356 e. The van der Waals surface area contributed by atoms with Crippen LogP contribution in [0.25, 0.3) is 6.08 Å². The first-order valence-corrected chi connectivity index (χ1v) is 6.51. The second kappa shape index (κ2) is 5.21. The molecule has 2 aromatic carbocycles. The summed E-state index contributed by atoms with van der Waals surface area (Å²) in [5, 5.41) is 0. The molecule has 1 unspecified atom stereocenters. The van der Waals surface area contributed by atoms with Crippen LogP contribution in [0.4, 0.5) is 0 Å². The molecule has 1 heterocycles. The van der Waals surface area contributed by atoms with Crippen molar-refractivity contribution in [1.82, 2.24) is 4.90 Å². The molecule has 0 amide bonds. The van der Waals surface area contributed by atoms with Gasteiger partial charge in [-0.2, -0.15) is 0 Å². The molecule has 0 aromatic heterocycles. The summed E-state index contributed by atoms with van der Waals surface area (Å²) in [7, 11) is 1.87. The number of nitrogens with zero attached hydrogens (tertiary/aromatic N) is 1. The molecule has 1 aliphatic rings. The van der Waals surface area contributed by atoms with E-state index in [4.69, 9.17) is 4.74 Å². The van der Waals surface area contributed by atoms with Gasteiger partial charge in [-0.15, -0.1) is 0 Å². The predicted molar refractivity (Wildman–Crippen MR) is 77.5 cm³/mol. The van der Waals surface area contributed by atoms with E-state index in [-0.39, 0.29) is 12.2 Å². The second-order valence-electron chi connectivity index (χ2n) is 4.72. The first-order chi connectivity index (χ1) is 9.75. The van der Waals surface area contributed by atoms with Crippen molar-refractivity contribution in [2.45, 2.75) is 6.23 Å². The molecular weight excluding hydrogens is 250 g/mol. The van der Waals surface area contributed by atoms with Crippen molar-refractivity contribution in [3.63, 3.8) is 0 Å². The molecule has 0 aliphatic carbocycles. The lowest BCUT2D eigenvalue weighted by molar-refractivity contribution is -0.140. The minimum Gasteiger partial charge on any atom is -0.432 e. The van der Waals surface area contributed by atoms with E-state index in [9.17, 15) is 4.79 Å². The maximum Gasteiger partial charge on any atom is 0.356 e. The SMILES string of the molecule is CN1/C(=C\c2ccccc2)C(=O)OC1c1ccccc1. The number of ether oxygens (including phenoxy) is 1. The van der Waals surface area contributed by atoms with Crippen molar-refractivity contribution < 1.29 is 9.53 Å². The molecule has 1 aliphatic heterocycles. The van der Waals surface area contributed by atoms with Gasteiger partial charge in [0.2, 0.25) is 6.23 Å². The van der Waals surface area contributed by atoms with Gasteiger partial charge in [-0.3, -0.25) is 0 Å². The zero-order valence-corrected chi connectivity index (χ0v) is 11.2. The number of carbonyl (C=O) groups excluding carboxylic acids is 1. The van der Waals surface area contributed by atoms with Gasteiger partial charge in [0.1, 0.15) is 5.70 Å². The Balaban J connectivity index is 1.92. The van der Waals surface area contributed by atoms with Crippen molar-refractivity contribution >= 4 is 12.0 Å². The van der Waals surface area contributed by atoms with E-state index >= 15 is 0 Å². The third kappa shape index (κ3) is 2.30. The van der Waals surface area contributed by atoms with Gasteiger partial charge < -0.3 is 9.64 Å². The molecule has 3 rings (SSSR count). The van der Waals surface area contributed by atoms with Crippen molar-refractivity contribution in [2.75, 3.05) is 7.05 Å². The normalized spacial score (nSPS) is 20.2. The van der Waals surface area contributed by atoms with Crippen molar-refractivity contribution in [1.29, 1.82) is 0 Å². The van der Waals surface area contributed by atoms with E-state index in [0.717, 1.165) is 11.1 Å². The summed E-state index contributed by atoms with van der Waals surface area (Å²) in [5.74, 6) is -0.287. The van der Waals surface area contributed by atoms with Crippen molar-refractivity contribution in [3.8, 4) is 0 Å². The highest BCUT2D eigenvalue weighted by molar-refractivity contribution is 5.94. The number of esters is 1. The van der Waals surface area contributed by atoms with E-state index in [1.54, 1.807) is 0 Å². The Morgan fingerprint density at radius 1 is 1.00 bits per heavy atom. The van der Waals surface area contributed by atoms with E-state index in [2.05, 4.69) is 0 Å². The van der Waals surface area contributed by atoms with Gasteiger partial charge in [-0.1, -0.05) is 60.7 Å². The molecule has 20 heavy (non-hydrogen) atoms. The lowest BCUT2D eigenvalue weighted by Crippen LogP contribution is -2.17. The Hall–Kier alpha value is -2.55. The van der Waals surface area contributed by atoms with Crippen LogP contribution in [0.2, 0.25) is 0 Å². The molecule has 2 aromatic rings. The average molecular weight is 265 g/mol. The van der Waals surface area contributed by atoms with E-state index in [0.29, 0.717) is 5.70 Å². The van der Waals surface area contributed by atoms with Crippen molar-refractivity contribution in [3.05, 3.63) is 77.5 Å². The lowest BCUT2D eigenvalue weighted by Gasteiger charge is -2.19. The highest BCUT2D eigenvalue weighted by atomic mass is 16.6.